The number of aryl methyl sites for hydroxylation is 6. The molecule has 0 spiro atoms. The summed E-state index contributed by atoms with van der Waals surface area (Å²) in [6, 6.07) is 23.4. The van der Waals surface area contributed by atoms with Crippen molar-refractivity contribution in [1.82, 2.24) is 39.9 Å². The second kappa shape index (κ2) is 36.2. The fraction of sp³-hybridized carbons (Fsp3) is 0.600. The molecule has 0 saturated carbocycles. The zero-order valence-corrected chi connectivity index (χ0v) is 56.2. The number of fused-ring (bicyclic) bond motifs is 20. The van der Waals surface area contributed by atoms with Crippen molar-refractivity contribution < 1.29 is 0 Å². The third kappa shape index (κ3) is 17.8. The number of aromatic nitrogens is 8. The molecule has 0 saturated heterocycles. The van der Waals surface area contributed by atoms with Crippen LogP contribution in [0.5, 0.6) is 0 Å². The van der Waals surface area contributed by atoms with Gasteiger partial charge >= 0.3 is 0 Å². The quantitative estimate of drug-likeness (QED) is 0.0369. The van der Waals surface area contributed by atoms with Crippen molar-refractivity contribution in [3.63, 3.8) is 0 Å². The average molecular weight is 1190 g/mol. The van der Waals surface area contributed by atoms with Crippen LogP contribution in [0.15, 0.2) is 60.7 Å². The minimum absolute atomic E-state index is 0.752. The Hall–Kier alpha value is -5.76. The number of unbranched alkanes of at least 4 members (excludes halogenated alkanes) is 30. The van der Waals surface area contributed by atoms with Gasteiger partial charge in [0.25, 0.3) is 0 Å². The van der Waals surface area contributed by atoms with Gasteiger partial charge in [0.1, 0.15) is 22.6 Å². The normalized spacial score (nSPS) is 12.1. The first-order valence-corrected chi connectivity index (χ1v) is 36.9. The van der Waals surface area contributed by atoms with Crippen LogP contribution in [-0.4, -0.2) is 39.9 Å². The maximum atomic E-state index is 5.98. The number of nitrogens with zero attached hydrogens (tertiary/aromatic N) is 6. The van der Waals surface area contributed by atoms with E-state index in [1.165, 1.54) is 259 Å². The number of hydrogen-bond donors (Lipinski definition) is 2. The van der Waals surface area contributed by atoms with E-state index in [1.807, 2.05) is 0 Å². The first-order valence-electron chi connectivity index (χ1n) is 36.9. The Kier molecular flexibility index (Phi) is 27.4. The van der Waals surface area contributed by atoms with Gasteiger partial charge in [-0.15, -0.1) is 0 Å². The highest BCUT2D eigenvalue weighted by molar-refractivity contribution is 6.09. The third-order valence-electron chi connectivity index (χ3n) is 19.5. The van der Waals surface area contributed by atoms with Crippen LogP contribution in [0.3, 0.4) is 0 Å². The van der Waals surface area contributed by atoms with Crippen LogP contribution >= 0.6 is 0 Å². The lowest BCUT2D eigenvalue weighted by molar-refractivity contribution is 0.606. The number of benzene rings is 4. The van der Waals surface area contributed by atoms with Crippen LogP contribution in [-0.2, 0) is 38.5 Å². The van der Waals surface area contributed by atoms with Gasteiger partial charge in [0, 0.05) is 43.8 Å². The van der Waals surface area contributed by atoms with Gasteiger partial charge in [0.2, 0.25) is 0 Å². The van der Waals surface area contributed by atoms with Crippen LogP contribution in [0, 0.1) is 0 Å². The molecule has 0 unspecified atom stereocenters. The Labute approximate surface area is 532 Å². The topological polar surface area (TPSA) is 109 Å². The highest BCUT2D eigenvalue weighted by atomic mass is 15.1. The van der Waals surface area contributed by atoms with Crippen molar-refractivity contribution in [2.75, 3.05) is 0 Å². The molecule has 2 N–H and O–H groups in total. The minimum atomic E-state index is 0.752. The lowest BCUT2D eigenvalue weighted by atomic mass is 9.91. The molecule has 8 bridgehead atoms. The van der Waals surface area contributed by atoms with Crippen LogP contribution < -0.4 is 0 Å². The summed E-state index contributed by atoms with van der Waals surface area (Å²) in [7, 11) is 0. The van der Waals surface area contributed by atoms with Gasteiger partial charge in [-0.05, 0) is 110 Å². The van der Waals surface area contributed by atoms with Gasteiger partial charge in [-0.2, -0.15) is 0 Å². The van der Waals surface area contributed by atoms with Gasteiger partial charge in [-0.25, -0.2) is 29.9 Å². The van der Waals surface area contributed by atoms with Crippen LogP contribution in [0.25, 0.3) is 89.7 Å². The summed E-state index contributed by atoms with van der Waals surface area (Å²) in [4.78, 5) is 42.9. The molecule has 4 aromatic carbocycles. The Morgan fingerprint density at radius 2 is 0.443 bits per heavy atom. The molecular formula is C80H114N8. The fourth-order valence-corrected chi connectivity index (χ4v) is 14.3. The molecule has 474 valence electrons. The van der Waals surface area contributed by atoms with E-state index in [4.69, 9.17) is 29.9 Å². The Morgan fingerprint density at radius 3 is 0.716 bits per heavy atom. The van der Waals surface area contributed by atoms with Crippen molar-refractivity contribution >= 4 is 44.1 Å². The molecule has 0 radical (unpaired) electrons. The molecule has 9 rings (SSSR count). The summed E-state index contributed by atoms with van der Waals surface area (Å²) in [6.07, 6.45) is 51.0. The zero-order chi connectivity index (χ0) is 61.1. The molecule has 3 aromatic heterocycles. The first kappa shape index (κ1) is 66.7. The Morgan fingerprint density at radius 1 is 0.227 bits per heavy atom. The van der Waals surface area contributed by atoms with Crippen molar-refractivity contribution in [1.29, 1.82) is 0 Å². The maximum absolute atomic E-state index is 5.98. The van der Waals surface area contributed by atoms with Gasteiger partial charge in [0.05, 0.1) is 0 Å². The first-order chi connectivity index (χ1) is 43.5. The highest BCUT2D eigenvalue weighted by Crippen LogP contribution is 2.44. The monoisotopic (exact) mass is 1190 g/mol. The summed E-state index contributed by atoms with van der Waals surface area (Å²) in [6.45, 7) is 13.9. The number of nitrogens with one attached hydrogen (secondary N) is 2. The molecule has 7 aromatic rings. The summed E-state index contributed by atoms with van der Waals surface area (Å²) in [5.74, 6) is 3.05. The zero-order valence-electron chi connectivity index (χ0n) is 56.2. The second-order valence-electron chi connectivity index (χ2n) is 26.7. The van der Waals surface area contributed by atoms with E-state index in [2.05, 4.69) is 112 Å². The molecule has 0 amide bonds. The van der Waals surface area contributed by atoms with Gasteiger partial charge in [-0.1, -0.05) is 295 Å². The van der Waals surface area contributed by atoms with Crippen LogP contribution in [0.2, 0.25) is 0 Å². The summed E-state index contributed by atoms with van der Waals surface area (Å²) >= 11 is 0. The second-order valence-corrected chi connectivity index (χ2v) is 26.7. The fourth-order valence-electron chi connectivity index (χ4n) is 14.3. The third-order valence-corrected chi connectivity index (χ3v) is 19.5. The molecule has 2 aliphatic rings. The van der Waals surface area contributed by atoms with Gasteiger partial charge < -0.3 is 9.97 Å². The Bertz CT molecular complexity index is 3210. The van der Waals surface area contributed by atoms with Crippen LogP contribution in [0.1, 0.15) is 306 Å². The van der Waals surface area contributed by atoms with E-state index in [0.29, 0.717) is 0 Å². The summed E-state index contributed by atoms with van der Waals surface area (Å²) in [5.41, 5.74) is 16.0. The molecule has 88 heavy (non-hydrogen) atoms. The maximum Gasteiger partial charge on any atom is 0.165 e. The molecule has 0 fully saturated rings. The number of aromatic amines is 2. The van der Waals surface area contributed by atoms with E-state index < -0.39 is 0 Å². The standard InChI is InChI=1S/C80H114N8/c1-7-13-19-25-31-37-45-59-53-55-61(47-39-33-27-21-15-9-3)69-67(59)75-82-73-65-51-43-44-52-66(65)74(81-73)83-76-68-60(46-38-32-26-20-14-8-2)54-56-62(48-40-34-28-22-16-10-4)70(68)78(85-76)87-80-72-64(50-42-36-30-24-18-12-6)58-57-63(49-41-35-29-23-17-11-5)71(72)79(88-80)86-77(69)84-75/h43-44,51-58H,7-42,45-50H2,1-6H3,(H2,81,82,83,84,85,86,87,88). The lowest BCUT2D eigenvalue weighted by Gasteiger charge is -2.13. The van der Waals surface area contributed by atoms with E-state index in [9.17, 15) is 0 Å². The number of hydrogen-bond acceptors (Lipinski definition) is 6. The number of rotatable bonds is 42. The van der Waals surface area contributed by atoms with E-state index in [1.54, 1.807) is 0 Å². The highest BCUT2D eigenvalue weighted by Gasteiger charge is 2.29. The lowest BCUT2D eigenvalue weighted by Crippen LogP contribution is -1.98. The molecule has 0 aliphatic carbocycles. The predicted octanol–water partition coefficient (Wildman–Crippen LogP) is 24.3. The van der Waals surface area contributed by atoms with Gasteiger partial charge in [0.15, 0.2) is 23.3 Å². The smallest absolute Gasteiger partial charge is 0.165 e. The largest absolute Gasteiger partial charge is 0.324 e. The molecule has 2 aliphatic heterocycles. The molecule has 0 atom stereocenters. The predicted molar refractivity (Wildman–Crippen MR) is 379 cm³/mol. The van der Waals surface area contributed by atoms with Crippen LogP contribution in [0.4, 0.5) is 0 Å². The van der Waals surface area contributed by atoms with Gasteiger partial charge in [-0.3, -0.25) is 0 Å². The van der Waals surface area contributed by atoms with Crippen molar-refractivity contribution in [3.05, 3.63) is 94.0 Å². The minimum Gasteiger partial charge on any atom is -0.324 e. The van der Waals surface area contributed by atoms with E-state index in [-0.39, 0.29) is 0 Å². The van der Waals surface area contributed by atoms with Crippen molar-refractivity contribution in [3.8, 4) is 45.6 Å². The van der Waals surface area contributed by atoms with E-state index in [0.717, 1.165) is 134 Å². The Balaban J connectivity index is 1.34. The molecule has 8 nitrogen and oxygen atoms in total. The molecular weight excluding hydrogens is 1070 g/mol. The van der Waals surface area contributed by atoms with Crippen molar-refractivity contribution in [2.24, 2.45) is 0 Å². The molecule has 8 heteroatoms. The average Bonchev–Trinajstić information content (AvgIpc) is 1.63. The summed E-state index contributed by atoms with van der Waals surface area (Å²) < 4.78 is 0. The van der Waals surface area contributed by atoms with E-state index >= 15 is 0 Å². The number of H-pyrrole nitrogens is 2. The van der Waals surface area contributed by atoms with Crippen molar-refractivity contribution in [2.45, 2.75) is 311 Å². The SMILES string of the molecule is CCCCCCCCc1ccc(CCCCCCCC)c2c1-c1nc-2nc2[nH]c(nc3nc(nc4[nH]c(n1)c1ccccc41)-c1c(CCCCCCCC)ccc(CCCCCCCC)c1-3)c1c(CCCCCCCC)ccc(CCCCCCCC)c21. The molecule has 5 heterocycles. The summed E-state index contributed by atoms with van der Waals surface area (Å²) in [5, 5.41) is 4.50.